The van der Waals surface area contributed by atoms with Crippen molar-refractivity contribution >= 4 is 41.5 Å². The van der Waals surface area contributed by atoms with E-state index < -0.39 is 24.0 Å². The minimum atomic E-state index is -1.23. The summed E-state index contributed by atoms with van der Waals surface area (Å²) in [7, 11) is 0. The second kappa shape index (κ2) is 8.96. The van der Waals surface area contributed by atoms with Crippen LogP contribution in [0.3, 0.4) is 0 Å². The number of rotatable bonds is 7. The second-order valence-corrected chi connectivity index (χ2v) is 6.80. The smallest absolute Gasteiger partial charge is 0.326 e. The van der Waals surface area contributed by atoms with Crippen LogP contribution in [0, 0.1) is 0 Å². The third-order valence-corrected chi connectivity index (χ3v) is 5.47. The van der Waals surface area contributed by atoms with Gasteiger partial charge in [0.2, 0.25) is 0 Å². The van der Waals surface area contributed by atoms with Crippen molar-refractivity contribution in [1.29, 1.82) is 0 Å². The zero-order chi connectivity index (χ0) is 15.0. The second-order valence-electron chi connectivity index (χ2n) is 4.25. The fourth-order valence-corrected chi connectivity index (χ4v) is 4.21. The van der Waals surface area contributed by atoms with Gasteiger partial charge in [-0.15, -0.1) is 0 Å². The van der Waals surface area contributed by atoms with E-state index in [9.17, 15) is 14.4 Å². The molecule has 9 heteroatoms. The van der Waals surface area contributed by atoms with Crippen molar-refractivity contribution in [3.05, 3.63) is 0 Å². The summed E-state index contributed by atoms with van der Waals surface area (Å²) < 4.78 is 0. The molecule has 1 aliphatic heterocycles. The van der Waals surface area contributed by atoms with E-state index in [1.54, 1.807) is 11.8 Å². The number of carboxylic acid groups (broad SMARTS) is 2. The van der Waals surface area contributed by atoms with Crippen LogP contribution in [0.2, 0.25) is 0 Å². The van der Waals surface area contributed by atoms with Crippen molar-refractivity contribution in [3.8, 4) is 0 Å². The third-order valence-electron chi connectivity index (χ3n) is 2.63. The van der Waals surface area contributed by atoms with Crippen LogP contribution in [-0.2, 0) is 9.59 Å². The molecule has 1 saturated heterocycles. The van der Waals surface area contributed by atoms with Gasteiger partial charge in [0.05, 0.1) is 0 Å². The average Bonchev–Trinajstić information content (AvgIpc) is 2.41. The number of aliphatic carboxylic acids is 2. The van der Waals surface area contributed by atoms with Gasteiger partial charge in [-0.1, -0.05) is 0 Å². The van der Waals surface area contributed by atoms with E-state index in [0.29, 0.717) is 11.8 Å². The van der Waals surface area contributed by atoms with Crippen molar-refractivity contribution in [2.75, 3.05) is 23.8 Å². The summed E-state index contributed by atoms with van der Waals surface area (Å²) in [6.07, 6.45) is -0.432. The predicted molar refractivity (Wildman–Crippen MR) is 78.4 cm³/mol. The minimum Gasteiger partial charge on any atom is -0.481 e. The van der Waals surface area contributed by atoms with E-state index in [-0.39, 0.29) is 12.8 Å². The van der Waals surface area contributed by atoms with Gasteiger partial charge in [0.15, 0.2) is 0 Å². The SMILES string of the molecule is O=C(O)CCC(NC(=O)NCC1CSCCS1)C(=O)O. The molecule has 20 heavy (non-hydrogen) atoms. The Balaban J connectivity index is 2.29. The molecule has 1 aliphatic rings. The minimum absolute atomic E-state index is 0.133. The number of carbonyl (C=O) groups is 3. The van der Waals surface area contributed by atoms with E-state index >= 15 is 0 Å². The lowest BCUT2D eigenvalue weighted by Crippen LogP contribution is -2.47. The first kappa shape index (κ1) is 17.0. The van der Waals surface area contributed by atoms with Crippen LogP contribution < -0.4 is 10.6 Å². The van der Waals surface area contributed by atoms with Gasteiger partial charge in [0.25, 0.3) is 0 Å². The van der Waals surface area contributed by atoms with Gasteiger partial charge in [-0.25, -0.2) is 9.59 Å². The number of carbonyl (C=O) groups excluding carboxylic acids is 1. The van der Waals surface area contributed by atoms with Gasteiger partial charge in [-0.05, 0) is 6.42 Å². The summed E-state index contributed by atoms with van der Waals surface area (Å²) in [6.45, 7) is 0.481. The van der Waals surface area contributed by atoms with Crippen LogP contribution >= 0.6 is 23.5 Å². The molecular weight excluding hydrogens is 304 g/mol. The molecule has 0 aromatic heterocycles. The first-order valence-corrected chi connectivity index (χ1v) is 8.37. The molecule has 0 bridgehead atoms. The van der Waals surface area contributed by atoms with Crippen LogP contribution in [0.1, 0.15) is 12.8 Å². The molecule has 1 heterocycles. The maximum atomic E-state index is 11.6. The van der Waals surface area contributed by atoms with Crippen LogP contribution in [0.4, 0.5) is 4.79 Å². The molecule has 0 radical (unpaired) electrons. The fraction of sp³-hybridized carbons (Fsp3) is 0.727. The molecule has 0 aromatic carbocycles. The van der Waals surface area contributed by atoms with Crippen LogP contribution in [0.15, 0.2) is 0 Å². The van der Waals surface area contributed by atoms with Crippen LogP contribution in [0.25, 0.3) is 0 Å². The van der Waals surface area contributed by atoms with Gasteiger partial charge in [-0.2, -0.15) is 23.5 Å². The molecule has 2 atom stereocenters. The Morgan fingerprint density at radius 3 is 2.55 bits per heavy atom. The van der Waals surface area contributed by atoms with Gasteiger partial charge in [0, 0.05) is 35.5 Å². The first-order valence-electron chi connectivity index (χ1n) is 6.17. The summed E-state index contributed by atoms with van der Waals surface area (Å²) in [5.41, 5.74) is 0. The molecule has 4 N–H and O–H groups in total. The lowest BCUT2D eigenvalue weighted by molar-refractivity contribution is -0.140. The normalized spacial score (nSPS) is 19.9. The van der Waals surface area contributed by atoms with E-state index in [2.05, 4.69) is 10.6 Å². The molecule has 2 amide bonds. The van der Waals surface area contributed by atoms with E-state index in [4.69, 9.17) is 10.2 Å². The Bertz CT molecular complexity index is 361. The van der Waals surface area contributed by atoms with Gasteiger partial charge in [-0.3, -0.25) is 4.79 Å². The van der Waals surface area contributed by atoms with Gasteiger partial charge < -0.3 is 20.8 Å². The lowest BCUT2D eigenvalue weighted by Gasteiger charge is -2.22. The lowest BCUT2D eigenvalue weighted by atomic mass is 10.1. The summed E-state index contributed by atoms with van der Waals surface area (Å²) in [5.74, 6) is 0.809. The number of urea groups is 1. The standard InChI is InChI=1S/C11H18N2O5S2/c14-9(15)2-1-8(10(16)17)13-11(18)12-5-7-6-19-3-4-20-7/h7-8H,1-6H2,(H,14,15)(H,16,17)(H2,12,13,18). The molecule has 0 aliphatic carbocycles. The van der Waals surface area contributed by atoms with Gasteiger partial charge >= 0.3 is 18.0 Å². The summed E-state index contributed by atoms with van der Waals surface area (Å²) in [4.78, 5) is 32.9. The molecule has 7 nitrogen and oxygen atoms in total. The Kier molecular flexibility index (Phi) is 7.60. The Labute approximate surface area is 125 Å². The first-order chi connectivity index (χ1) is 9.49. The van der Waals surface area contributed by atoms with E-state index in [0.717, 1.165) is 17.3 Å². The zero-order valence-electron chi connectivity index (χ0n) is 10.8. The number of amides is 2. The Morgan fingerprint density at radius 1 is 1.25 bits per heavy atom. The van der Waals surface area contributed by atoms with E-state index in [1.807, 2.05) is 11.8 Å². The Hall–Kier alpha value is -1.09. The van der Waals surface area contributed by atoms with Crippen molar-refractivity contribution < 1.29 is 24.6 Å². The largest absolute Gasteiger partial charge is 0.481 e. The number of nitrogens with one attached hydrogen (secondary N) is 2. The molecule has 0 spiro atoms. The highest BCUT2D eigenvalue weighted by Crippen LogP contribution is 2.23. The number of hydrogen-bond acceptors (Lipinski definition) is 5. The summed E-state index contributed by atoms with van der Waals surface area (Å²) >= 11 is 3.62. The number of hydrogen-bond donors (Lipinski definition) is 4. The molecule has 2 unspecified atom stereocenters. The Morgan fingerprint density at radius 2 is 2.00 bits per heavy atom. The van der Waals surface area contributed by atoms with Crippen LogP contribution in [-0.4, -0.2) is 63.3 Å². The van der Waals surface area contributed by atoms with Crippen molar-refractivity contribution in [3.63, 3.8) is 0 Å². The van der Waals surface area contributed by atoms with Gasteiger partial charge in [0.1, 0.15) is 6.04 Å². The maximum Gasteiger partial charge on any atom is 0.326 e. The molecule has 0 saturated carbocycles. The van der Waals surface area contributed by atoms with Crippen LogP contribution in [0.5, 0.6) is 0 Å². The highest BCUT2D eigenvalue weighted by Gasteiger charge is 2.21. The summed E-state index contributed by atoms with van der Waals surface area (Å²) in [5, 5.41) is 22.7. The average molecular weight is 322 g/mol. The molecule has 1 rings (SSSR count). The molecule has 0 aromatic rings. The number of thioether (sulfide) groups is 2. The van der Waals surface area contributed by atoms with Crippen molar-refractivity contribution in [2.24, 2.45) is 0 Å². The maximum absolute atomic E-state index is 11.6. The fourth-order valence-electron chi connectivity index (χ4n) is 1.60. The zero-order valence-corrected chi connectivity index (χ0v) is 12.5. The topological polar surface area (TPSA) is 116 Å². The third kappa shape index (κ3) is 6.90. The molecule has 114 valence electrons. The van der Waals surface area contributed by atoms with Crippen molar-refractivity contribution in [1.82, 2.24) is 10.6 Å². The number of carboxylic acids is 2. The predicted octanol–water partition coefficient (Wildman–Crippen LogP) is 0.452. The molecule has 1 fully saturated rings. The molecular formula is C11H18N2O5S2. The summed E-state index contributed by atoms with van der Waals surface area (Å²) in [6, 6.07) is -1.75. The monoisotopic (exact) mass is 322 g/mol. The van der Waals surface area contributed by atoms with E-state index in [1.165, 1.54) is 0 Å². The quantitative estimate of drug-likeness (QED) is 0.538. The highest BCUT2D eigenvalue weighted by molar-refractivity contribution is 8.06. The highest BCUT2D eigenvalue weighted by atomic mass is 32.2. The van der Waals surface area contributed by atoms with Crippen molar-refractivity contribution in [2.45, 2.75) is 24.1 Å².